The maximum absolute atomic E-state index is 12.1. The molecule has 2 aromatic rings. The Kier molecular flexibility index (Phi) is 4.93. The van der Waals surface area contributed by atoms with Crippen LogP contribution in [-0.2, 0) is 16.6 Å². The number of ether oxygens (including phenoxy) is 1. The molecular weight excluding hydrogens is 336 g/mol. The van der Waals surface area contributed by atoms with Crippen LogP contribution in [-0.4, -0.2) is 87.7 Å². The van der Waals surface area contributed by atoms with Crippen LogP contribution in [0.1, 0.15) is 12.8 Å². The Balaban J connectivity index is 1.29. The average molecular weight is 360 g/mol. The number of aryl methyl sites for hydroxylation is 1. The highest BCUT2D eigenvalue weighted by Crippen LogP contribution is 2.21. The molecule has 2 aliphatic heterocycles. The van der Waals surface area contributed by atoms with E-state index in [-0.39, 0.29) is 12.0 Å². The highest BCUT2D eigenvalue weighted by Gasteiger charge is 2.23. The van der Waals surface area contributed by atoms with Gasteiger partial charge in [-0.1, -0.05) is 5.21 Å². The molecule has 2 fully saturated rings. The molecule has 1 amide bonds. The lowest BCUT2D eigenvalue weighted by Crippen LogP contribution is -2.50. The molecule has 0 radical (unpaired) electrons. The normalized spacial score (nSPS) is 21.4. The number of aromatic nitrogens is 5. The monoisotopic (exact) mass is 360 g/mol. The Hall–Kier alpha value is -2.33. The third-order valence-electron chi connectivity index (χ3n) is 4.96. The molecule has 0 aromatic carbocycles. The van der Waals surface area contributed by atoms with Gasteiger partial charge in [0.05, 0.1) is 12.6 Å². The van der Waals surface area contributed by atoms with Gasteiger partial charge in [-0.2, -0.15) is 0 Å². The van der Waals surface area contributed by atoms with E-state index >= 15 is 0 Å². The van der Waals surface area contributed by atoms with Gasteiger partial charge in [-0.05, 0) is 12.8 Å². The van der Waals surface area contributed by atoms with Crippen molar-refractivity contribution in [3.8, 4) is 0 Å². The van der Waals surface area contributed by atoms with Crippen molar-refractivity contribution in [1.82, 2.24) is 35.2 Å². The van der Waals surface area contributed by atoms with Crippen LogP contribution in [0, 0.1) is 0 Å². The van der Waals surface area contributed by atoms with Gasteiger partial charge in [0, 0.05) is 46.4 Å². The largest absolute Gasteiger partial charge is 0.376 e. The lowest BCUT2D eigenvalue weighted by Gasteiger charge is -2.34. The second kappa shape index (κ2) is 7.50. The number of amides is 1. The molecule has 0 bridgehead atoms. The zero-order valence-corrected chi connectivity index (χ0v) is 15.0. The van der Waals surface area contributed by atoms with Gasteiger partial charge in [0.15, 0.2) is 17.0 Å². The Morgan fingerprint density at radius 1 is 1.31 bits per heavy atom. The third-order valence-corrected chi connectivity index (χ3v) is 4.96. The van der Waals surface area contributed by atoms with E-state index in [0.717, 1.165) is 62.6 Å². The summed E-state index contributed by atoms with van der Waals surface area (Å²) in [4.78, 5) is 25.1. The highest BCUT2D eigenvalue weighted by molar-refractivity contribution is 5.82. The maximum Gasteiger partial charge on any atom is 0.234 e. The van der Waals surface area contributed by atoms with Crippen LogP contribution in [0.3, 0.4) is 0 Å². The molecule has 1 unspecified atom stereocenters. The molecule has 1 atom stereocenters. The molecule has 4 heterocycles. The second-order valence-electron chi connectivity index (χ2n) is 6.78. The summed E-state index contributed by atoms with van der Waals surface area (Å²) in [6.45, 7) is 5.04. The molecule has 2 aliphatic rings. The molecule has 10 nitrogen and oxygen atoms in total. The number of fused-ring (bicyclic) bond motifs is 1. The van der Waals surface area contributed by atoms with E-state index in [1.165, 1.54) is 0 Å². The van der Waals surface area contributed by atoms with Crippen LogP contribution in [0.5, 0.6) is 0 Å². The predicted molar refractivity (Wildman–Crippen MR) is 94.7 cm³/mol. The third kappa shape index (κ3) is 3.61. The number of hydrogen-bond donors (Lipinski definition) is 1. The maximum atomic E-state index is 12.1. The summed E-state index contributed by atoms with van der Waals surface area (Å²) < 4.78 is 7.18. The molecule has 2 aromatic heterocycles. The van der Waals surface area contributed by atoms with Crippen LogP contribution >= 0.6 is 0 Å². The van der Waals surface area contributed by atoms with Crippen molar-refractivity contribution < 1.29 is 9.53 Å². The smallest absolute Gasteiger partial charge is 0.234 e. The van der Waals surface area contributed by atoms with Gasteiger partial charge < -0.3 is 15.0 Å². The summed E-state index contributed by atoms with van der Waals surface area (Å²) in [5, 5.41) is 11.2. The minimum absolute atomic E-state index is 0.0623. The molecular formula is C16H24N8O2. The molecule has 10 heteroatoms. The van der Waals surface area contributed by atoms with Crippen LogP contribution in [0.25, 0.3) is 11.2 Å². The van der Waals surface area contributed by atoms with E-state index in [1.54, 1.807) is 11.0 Å². The second-order valence-corrected chi connectivity index (χ2v) is 6.78. The number of rotatable bonds is 5. The minimum atomic E-state index is 0.0623. The average Bonchev–Trinajstić information content (AvgIpc) is 3.31. The fraction of sp³-hybridized carbons (Fsp3) is 0.688. The van der Waals surface area contributed by atoms with Crippen molar-refractivity contribution in [1.29, 1.82) is 0 Å². The zero-order valence-electron chi connectivity index (χ0n) is 15.0. The molecule has 26 heavy (non-hydrogen) atoms. The Morgan fingerprint density at radius 3 is 2.92 bits per heavy atom. The first-order chi connectivity index (χ1) is 12.7. The van der Waals surface area contributed by atoms with E-state index in [9.17, 15) is 4.79 Å². The van der Waals surface area contributed by atoms with Crippen molar-refractivity contribution >= 4 is 22.9 Å². The van der Waals surface area contributed by atoms with Crippen molar-refractivity contribution in [3.63, 3.8) is 0 Å². The zero-order chi connectivity index (χ0) is 17.9. The van der Waals surface area contributed by atoms with Crippen LogP contribution in [0.2, 0.25) is 0 Å². The first-order valence-electron chi connectivity index (χ1n) is 9.06. The van der Waals surface area contributed by atoms with Crippen molar-refractivity contribution in [2.24, 2.45) is 7.05 Å². The standard InChI is InChI=1S/C16H24N8O2/c1-22-15-14(20-21-22)16(19-11-18-15)24-6-4-23(5-7-24)10-13(25)17-9-12-3-2-8-26-12/h11-12H,2-10H2,1H3,(H,17,25). The van der Waals surface area contributed by atoms with Gasteiger partial charge >= 0.3 is 0 Å². The first kappa shape index (κ1) is 17.1. The van der Waals surface area contributed by atoms with Gasteiger partial charge in [-0.25, -0.2) is 14.6 Å². The number of nitrogens with zero attached hydrogens (tertiary/aromatic N) is 7. The summed E-state index contributed by atoms with van der Waals surface area (Å²) in [5.74, 6) is 0.873. The topological polar surface area (TPSA) is 101 Å². The van der Waals surface area contributed by atoms with Gasteiger partial charge in [0.1, 0.15) is 6.33 Å². The number of hydrogen-bond acceptors (Lipinski definition) is 8. The van der Waals surface area contributed by atoms with E-state index in [2.05, 4.69) is 35.4 Å². The first-order valence-corrected chi connectivity index (χ1v) is 9.06. The minimum Gasteiger partial charge on any atom is -0.376 e. The van der Waals surface area contributed by atoms with Gasteiger partial charge in [0.25, 0.3) is 0 Å². The van der Waals surface area contributed by atoms with Crippen molar-refractivity contribution in [2.75, 3.05) is 50.8 Å². The fourth-order valence-electron chi connectivity index (χ4n) is 3.48. The lowest BCUT2D eigenvalue weighted by atomic mass is 10.2. The van der Waals surface area contributed by atoms with Crippen LogP contribution in [0.15, 0.2) is 6.33 Å². The van der Waals surface area contributed by atoms with Gasteiger partial charge in [-0.15, -0.1) is 5.10 Å². The Labute approximate surface area is 151 Å². The van der Waals surface area contributed by atoms with Crippen LogP contribution < -0.4 is 10.2 Å². The van der Waals surface area contributed by atoms with E-state index in [4.69, 9.17) is 4.74 Å². The SMILES string of the molecule is Cn1nnc2c(N3CCN(CC(=O)NCC4CCCO4)CC3)ncnc21. The molecule has 0 spiro atoms. The van der Waals surface area contributed by atoms with E-state index < -0.39 is 0 Å². The fourth-order valence-corrected chi connectivity index (χ4v) is 3.48. The molecule has 140 valence electrons. The van der Waals surface area contributed by atoms with Crippen molar-refractivity contribution in [2.45, 2.75) is 18.9 Å². The lowest BCUT2D eigenvalue weighted by molar-refractivity contribution is -0.122. The summed E-state index contributed by atoms with van der Waals surface area (Å²) in [5.41, 5.74) is 1.45. The quantitative estimate of drug-likeness (QED) is 0.738. The van der Waals surface area contributed by atoms with Crippen molar-refractivity contribution in [3.05, 3.63) is 6.33 Å². The molecule has 4 rings (SSSR count). The van der Waals surface area contributed by atoms with Crippen LogP contribution in [0.4, 0.5) is 5.82 Å². The molecule has 0 aliphatic carbocycles. The summed E-state index contributed by atoms with van der Waals surface area (Å²) >= 11 is 0. The molecule has 0 saturated carbocycles. The summed E-state index contributed by atoms with van der Waals surface area (Å²) in [7, 11) is 1.82. The Bertz CT molecular complexity index is 765. The molecule has 1 N–H and O–H groups in total. The highest BCUT2D eigenvalue weighted by atomic mass is 16.5. The summed E-state index contributed by atoms with van der Waals surface area (Å²) in [6.07, 6.45) is 3.86. The summed E-state index contributed by atoms with van der Waals surface area (Å²) in [6, 6.07) is 0. The number of carbonyl (C=O) groups is 1. The number of nitrogens with one attached hydrogen (secondary N) is 1. The van der Waals surface area contributed by atoms with E-state index in [0.29, 0.717) is 13.1 Å². The van der Waals surface area contributed by atoms with E-state index in [1.807, 2.05) is 7.05 Å². The molecule has 2 saturated heterocycles. The van der Waals surface area contributed by atoms with Gasteiger partial charge in [0.2, 0.25) is 5.91 Å². The number of anilines is 1. The predicted octanol–water partition coefficient (Wildman–Crippen LogP) is -0.824. The number of carbonyl (C=O) groups excluding carboxylic acids is 1. The number of piperazine rings is 1. The Morgan fingerprint density at radius 2 is 2.15 bits per heavy atom. The van der Waals surface area contributed by atoms with Gasteiger partial charge in [-0.3, -0.25) is 9.69 Å².